The molecule has 4 aromatic heterocycles. The van der Waals surface area contributed by atoms with Gasteiger partial charge in [-0.3, -0.25) is 5.10 Å². The van der Waals surface area contributed by atoms with Crippen LogP contribution in [0, 0.1) is 6.92 Å². The highest BCUT2D eigenvalue weighted by molar-refractivity contribution is 7.16. The highest BCUT2D eigenvalue weighted by Crippen LogP contribution is 2.39. The van der Waals surface area contributed by atoms with Crippen LogP contribution in [0.5, 0.6) is 0 Å². The monoisotopic (exact) mass is 391 g/mol. The van der Waals surface area contributed by atoms with Gasteiger partial charge in [-0.25, -0.2) is 24.9 Å². The number of H-pyrrole nitrogens is 1. The first kappa shape index (κ1) is 16.8. The molecule has 5 rings (SSSR count). The summed E-state index contributed by atoms with van der Waals surface area (Å²) in [5.74, 6) is 2.27. The number of aromatic nitrogens is 7. The first-order chi connectivity index (χ1) is 13.8. The van der Waals surface area contributed by atoms with Crippen molar-refractivity contribution in [1.82, 2.24) is 35.1 Å². The van der Waals surface area contributed by atoms with E-state index in [4.69, 9.17) is 4.98 Å². The molecule has 0 spiro atoms. The molecule has 9 nitrogen and oxygen atoms in total. The molecule has 5 heterocycles. The predicted octanol–water partition coefficient (Wildman–Crippen LogP) is 2.73. The number of thiazole rings is 1. The van der Waals surface area contributed by atoms with Crippen LogP contribution in [-0.2, 0) is 13.0 Å². The third-order valence-corrected chi connectivity index (χ3v) is 5.49. The zero-order valence-corrected chi connectivity index (χ0v) is 15.9. The Morgan fingerprint density at radius 1 is 1.18 bits per heavy atom. The van der Waals surface area contributed by atoms with Gasteiger partial charge < -0.3 is 10.2 Å². The Morgan fingerprint density at radius 2 is 2.07 bits per heavy atom. The SMILES string of the molecule is Cc1ccnc(Nc2nc3c(s2)CCN(Cc2ncccn2)c2[nH]ncc2-3)n1. The van der Waals surface area contributed by atoms with E-state index in [2.05, 4.69) is 40.3 Å². The zero-order valence-electron chi connectivity index (χ0n) is 15.1. The summed E-state index contributed by atoms with van der Waals surface area (Å²) >= 11 is 1.62. The van der Waals surface area contributed by atoms with E-state index in [1.54, 1.807) is 29.9 Å². The number of anilines is 3. The number of aromatic amines is 1. The van der Waals surface area contributed by atoms with Crippen LogP contribution in [0.15, 0.2) is 36.9 Å². The maximum Gasteiger partial charge on any atom is 0.229 e. The average molecular weight is 391 g/mol. The summed E-state index contributed by atoms with van der Waals surface area (Å²) in [5.41, 5.74) is 2.84. The quantitative estimate of drug-likeness (QED) is 0.547. The zero-order chi connectivity index (χ0) is 18.9. The van der Waals surface area contributed by atoms with Crippen LogP contribution in [0.3, 0.4) is 0 Å². The molecule has 0 saturated carbocycles. The molecular formula is C18H17N9S. The van der Waals surface area contributed by atoms with Gasteiger partial charge in [-0.05, 0) is 19.1 Å². The van der Waals surface area contributed by atoms with Crippen LogP contribution in [0.2, 0.25) is 0 Å². The summed E-state index contributed by atoms with van der Waals surface area (Å²) in [6.45, 7) is 3.38. The maximum absolute atomic E-state index is 4.80. The van der Waals surface area contributed by atoms with Crippen LogP contribution in [0.25, 0.3) is 11.3 Å². The smallest absolute Gasteiger partial charge is 0.229 e. The summed E-state index contributed by atoms with van der Waals surface area (Å²) in [6, 6.07) is 3.69. The molecule has 4 aromatic rings. The second-order valence-corrected chi connectivity index (χ2v) is 7.49. The molecule has 1 aliphatic rings. The molecule has 0 aromatic carbocycles. The van der Waals surface area contributed by atoms with Crippen molar-refractivity contribution in [3.8, 4) is 11.3 Å². The Hall–Kier alpha value is -3.40. The van der Waals surface area contributed by atoms with Crippen molar-refractivity contribution in [2.24, 2.45) is 0 Å². The van der Waals surface area contributed by atoms with E-state index >= 15 is 0 Å². The molecule has 2 N–H and O–H groups in total. The van der Waals surface area contributed by atoms with E-state index in [1.165, 1.54) is 4.88 Å². The highest BCUT2D eigenvalue weighted by atomic mass is 32.1. The van der Waals surface area contributed by atoms with Crippen molar-refractivity contribution < 1.29 is 0 Å². The topological polar surface area (TPSA) is 108 Å². The molecule has 10 heteroatoms. The largest absolute Gasteiger partial charge is 0.349 e. The Labute approximate surface area is 165 Å². The van der Waals surface area contributed by atoms with Gasteiger partial charge in [0, 0.05) is 42.1 Å². The second-order valence-electron chi connectivity index (χ2n) is 6.41. The van der Waals surface area contributed by atoms with E-state index in [1.807, 2.05) is 25.3 Å². The summed E-state index contributed by atoms with van der Waals surface area (Å²) in [6.07, 6.45) is 7.96. The fraction of sp³-hybridized carbons (Fsp3) is 0.222. The fourth-order valence-electron chi connectivity index (χ4n) is 3.17. The molecule has 0 aliphatic carbocycles. The van der Waals surface area contributed by atoms with Crippen molar-refractivity contribution in [3.63, 3.8) is 0 Å². The summed E-state index contributed by atoms with van der Waals surface area (Å²) in [4.78, 5) is 25.5. The molecule has 0 radical (unpaired) electrons. The lowest BCUT2D eigenvalue weighted by Gasteiger charge is -2.21. The summed E-state index contributed by atoms with van der Waals surface area (Å²) in [5, 5.41) is 11.4. The van der Waals surface area contributed by atoms with Crippen molar-refractivity contribution in [1.29, 1.82) is 0 Å². The first-order valence-electron chi connectivity index (χ1n) is 8.87. The van der Waals surface area contributed by atoms with Gasteiger partial charge >= 0.3 is 0 Å². The summed E-state index contributed by atoms with van der Waals surface area (Å²) < 4.78 is 0. The molecule has 0 saturated heterocycles. The van der Waals surface area contributed by atoms with Crippen molar-refractivity contribution in [3.05, 3.63) is 53.3 Å². The highest BCUT2D eigenvalue weighted by Gasteiger charge is 2.26. The van der Waals surface area contributed by atoms with Gasteiger partial charge in [0.05, 0.1) is 24.0 Å². The number of nitrogens with one attached hydrogen (secondary N) is 2. The Balaban J connectivity index is 1.45. The number of nitrogens with zero attached hydrogens (tertiary/aromatic N) is 7. The van der Waals surface area contributed by atoms with Crippen LogP contribution < -0.4 is 10.2 Å². The third-order valence-electron chi connectivity index (χ3n) is 4.46. The van der Waals surface area contributed by atoms with Crippen LogP contribution in [0.1, 0.15) is 16.4 Å². The Morgan fingerprint density at radius 3 is 2.93 bits per heavy atom. The van der Waals surface area contributed by atoms with Gasteiger partial charge in [0.2, 0.25) is 5.95 Å². The molecule has 0 atom stereocenters. The molecule has 0 amide bonds. The van der Waals surface area contributed by atoms with Crippen molar-refractivity contribution >= 4 is 28.2 Å². The van der Waals surface area contributed by atoms with Crippen molar-refractivity contribution in [2.45, 2.75) is 19.9 Å². The number of hydrogen-bond donors (Lipinski definition) is 2. The first-order valence-corrected chi connectivity index (χ1v) is 9.69. The molecule has 0 fully saturated rings. The fourth-order valence-corrected chi connectivity index (χ4v) is 4.13. The minimum atomic E-state index is 0.555. The lowest BCUT2D eigenvalue weighted by Crippen LogP contribution is -2.26. The minimum Gasteiger partial charge on any atom is -0.349 e. The van der Waals surface area contributed by atoms with E-state index in [9.17, 15) is 0 Å². The van der Waals surface area contributed by atoms with Gasteiger partial charge in [-0.15, -0.1) is 11.3 Å². The van der Waals surface area contributed by atoms with Gasteiger partial charge in [0.25, 0.3) is 0 Å². The Bertz CT molecular complexity index is 1110. The van der Waals surface area contributed by atoms with Gasteiger partial charge in [-0.1, -0.05) is 0 Å². The molecule has 140 valence electrons. The normalized spacial score (nSPS) is 13.0. The lowest BCUT2D eigenvalue weighted by molar-refractivity contribution is 0.741. The van der Waals surface area contributed by atoms with Gasteiger partial charge in [0.1, 0.15) is 11.6 Å². The summed E-state index contributed by atoms with van der Waals surface area (Å²) in [7, 11) is 0. The molecular weight excluding hydrogens is 374 g/mol. The number of aryl methyl sites for hydroxylation is 1. The molecule has 0 unspecified atom stereocenters. The second kappa shape index (κ2) is 6.97. The van der Waals surface area contributed by atoms with Crippen LogP contribution >= 0.6 is 11.3 Å². The number of hydrogen-bond acceptors (Lipinski definition) is 9. The molecule has 1 aliphatic heterocycles. The molecule has 0 bridgehead atoms. The van der Waals surface area contributed by atoms with E-state index in [-0.39, 0.29) is 0 Å². The number of fused-ring (bicyclic) bond motifs is 3. The molecule has 28 heavy (non-hydrogen) atoms. The van der Waals surface area contributed by atoms with E-state index < -0.39 is 0 Å². The minimum absolute atomic E-state index is 0.555. The van der Waals surface area contributed by atoms with Gasteiger partial charge in [-0.2, -0.15) is 5.10 Å². The van der Waals surface area contributed by atoms with Crippen molar-refractivity contribution in [2.75, 3.05) is 16.8 Å². The van der Waals surface area contributed by atoms with E-state index in [0.29, 0.717) is 12.5 Å². The standard InChI is InChI=1S/C18H17N9S/c1-11-3-7-21-17(23-11)25-18-24-15-12-9-22-26-16(12)27(8-4-13(15)28-18)10-14-19-5-2-6-20-14/h2-3,5-7,9H,4,8,10H2,1H3,(H,22,26)(H,21,23,24,25). The lowest BCUT2D eigenvalue weighted by atomic mass is 10.2. The van der Waals surface area contributed by atoms with Gasteiger partial charge in [0.15, 0.2) is 5.13 Å². The number of rotatable bonds is 4. The average Bonchev–Trinajstić information content (AvgIpc) is 3.30. The van der Waals surface area contributed by atoms with Crippen LogP contribution in [0.4, 0.5) is 16.9 Å². The predicted molar refractivity (Wildman–Crippen MR) is 107 cm³/mol. The van der Waals surface area contributed by atoms with Crippen LogP contribution in [-0.4, -0.2) is 41.7 Å². The third kappa shape index (κ3) is 3.18. The van der Waals surface area contributed by atoms with E-state index in [0.717, 1.165) is 46.7 Å². The Kier molecular flexibility index (Phi) is 4.17. The maximum atomic E-state index is 4.80.